The van der Waals surface area contributed by atoms with Gasteiger partial charge in [0.15, 0.2) is 6.10 Å². The Morgan fingerprint density at radius 1 is 0.302 bits per heavy atom. The molecule has 0 spiro atoms. The van der Waals surface area contributed by atoms with Crippen molar-refractivity contribution in [3.05, 3.63) is 0 Å². The number of carbonyl (C=O) groups is 3. The summed E-state index contributed by atoms with van der Waals surface area (Å²) in [6.07, 6.45) is 55.2. The molecule has 0 bridgehead atoms. The Bertz CT molecular complexity index is 949. The molecule has 0 aromatic carbocycles. The Balaban J connectivity index is 4.27. The van der Waals surface area contributed by atoms with E-state index in [1.54, 1.807) is 0 Å². The normalized spacial score (nSPS) is 12.0. The lowest BCUT2D eigenvalue weighted by Crippen LogP contribution is -2.30. The van der Waals surface area contributed by atoms with Crippen molar-refractivity contribution in [1.29, 1.82) is 0 Å². The number of hydrogen-bond acceptors (Lipinski definition) is 6. The second kappa shape index (κ2) is 51.4. The van der Waals surface area contributed by atoms with E-state index in [2.05, 4.69) is 27.7 Å². The van der Waals surface area contributed by atoms with Gasteiger partial charge in [0.2, 0.25) is 0 Å². The topological polar surface area (TPSA) is 78.9 Å². The van der Waals surface area contributed by atoms with Gasteiger partial charge in [0.25, 0.3) is 0 Å². The molecule has 0 rings (SSSR count). The summed E-state index contributed by atoms with van der Waals surface area (Å²) in [4.78, 5) is 38.1. The summed E-state index contributed by atoms with van der Waals surface area (Å²) >= 11 is 0. The van der Waals surface area contributed by atoms with Crippen molar-refractivity contribution in [2.24, 2.45) is 5.92 Å². The van der Waals surface area contributed by atoms with E-state index in [4.69, 9.17) is 14.2 Å². The lowest BCUT2D eigenvalue weighted by molar-refractivity contribution is -0.167. The van der Waals surface area contributed by atoms with Gasteiger partial charge in [0, 0.05) is 19.3 Å². The molecule has 0 aliphatic carbocycles. The average molecular weight is 892 g/mol. The van der Waals surface area contributed by atoms with Crippen LogP contribution in [0.25, 0.3) is 0 Å². The van der Waals surface area contributed by atoms with Crippen molar-refractivity contribution in [2.45, 2.75) is 329 Å². The second-order valence-electron chi connectivity index (χ2n) is 20.1. The van der Waals surface area contributed by atoms with Crippen LogP contribution in [0.4, 0.5) is 0 Å². The highest BCUT2D eigenvalue weighted by Gasteiger charge is 2.19. The molecule has 0 unspecified atom stereocenters. The quantitative estimate of drug-likeness (QED) is 0.0344. The van der Waals surface area contributed by atoms with E-state index in [0.29, 0.717) is 19.3 Å². The van der Waals surface area contributed by atoms with Crippen LogP contribution in [-0.2, 0) is 28.6 Å². The molecule has 0 aromatic rings. The molecule has 0 saturated carbocycles. The van der Waals surface area contributed by atoms with E-state index in [-0.39, 0.29) is 31.1 Å². The van der Waals surface area contributed by atoms with Gasteiger partial charge in [-0.05, 0) is 25.2 Å². The van der Waals surface area contributed by atoms with Crippen LogP contribution in [0.1, 0.15) is 323 Å². The van der Waals surface area contributed by atoms with Crippen LogP contribution in [0.3, 0.4) is 0 Å². The molecule has 6 heteroatoms. The van der Waals surface area contributed by atoms with Gasteiger partial charge in [-0.1, -0.05) is 285 Å². The van der Waals surface area contributed by atoms with Crippen LogP contribution in [0.15, 0.2) is 0 Å². The summed E-state index contributed by atoms with van der Waals surface area (Å²) in [6, 6.07) is 0. The molecule has 1 atom stereocenters. The molecule has 0 aliphatic rings. The largest absolute Gasteiger partial charge is 0.462 e. The van der Waals surface area contributed by atoms with Crippen molar-refractivity contribution < 1.29 is 28.6 Å². The van der Waals surface area contributed by atoms with Gasteiger partial charge in [0.05, 0.1) is 0 Å². The van der Waals surface area contributed by atoms with Crippen LogP contribution in [0.5, 0.6) is 0 Å². The predicted molar refractivity (Wildman–Crippen MR) is 270 cm³/mol. The monoisotopic (exact) mass is 891 g/mol. The summed E-state index contributed by atoms with van der Waals surface area (Å²) < 4.78 is 16.9. The Morgan fingerprint density at radius 3 is 0.778 bits per heavy atom. The van der Waals surface area contributed by atoms with E-state index in [0.717, 1.165) is 63.7 Å². The van der Waals surface area contributed by atoms with E-state index < -0.39 is 6.10 Å². The maximum absolute atomic E-state index is 12.8. The fourth-order valence-corrected chi connectivity index (χ4v) is 8.75. The maximum Gasteiger partial charge on any atom is 0.306 e. The number of esters is 3. The van der Waals surface area contributed by atoms with Crippen LogP contribution >= 0.6 is 0 Å². The fourth-order valence-electron chi connectivity index (χ4n) is 8.75. The third-order valence-corrected chi connectivity index (χ3v) is 13.0. The van der Waals surface area contributed by atoms with Crippen molar-refractivity contribution in [3.63, 3.8) is 0 Å². The van der Waals surface area contributed by atoms with Crippen molar-refractivity contribution in [1.82, 2.24) is 0 Å². The lowest BCUT2D eigenvalue weighted by atomic mass is 10.0. The van der Waals surface area contributed by atoms with E-state index >= 15 is 0 Å². The molecule has 0 amide bonds. The Kier molecular flexibility index (Phi) is 50.1. The smallest absolute Gasteiger partial charge is 0.306 e. The molecule has 0 aliphatic heterocycles. The van der Waals surface area contributed by atoms with Gasteiger partial charge < -0.3 is 14.2 Å². The first kappa shape index (κ1) is 61.4. The van der Waals surface area contributed by atoms with E-state index in [9.17, 15) is 14.4 Å². The van der Waals surface area contributed by atoms with Gasteiger partial charge >= 0.3 is 17.9 Å². The minimum atomic E-state index is -0.761. The first-order valence-electron chi connectivity index (χ1n) is 28.4. The maximum atomic E-state index is 12.8. The van der Waals surface area contributed by atoms with Gasteiger partial charge in [0.1, 0.15) is 13.2 Å². The molecule has 0 aromatic heterocycles. The zero-order chi connectivity index (χ0) is 45.9. The third-order valence-electron chi connectivity index (χ3n) is 13.0. The van der Waals surface area contributed by atoms with Crippen molar-refractivity contribution >= 4 is 17.9 Å². The first-order chi connectivity index (χ1) is 30.9. The van der Waals surface area contributed by atoms with Crippen LogP contribution < -0.4 is 0 Å². The standard InChI is InChI=1S/C57H110O6/c1-5-7-9-11-13-15-17-19-21-22-23-24-26-28-33-37-41-45-49-56(59)62-52-54(63-57(60)50-46-42-38-34-30-29-31-35-39-43-47-53(3)4)51-61-55(58)48-44-40-36-32-27-25-20-18-16-14-12-10-8-6-2/h53-54H,5-52H2,1-4H3/t54-/m1/s1. The molecule has 0 radical (unpaired) electrons. The Hall–Kier alpha value is -1.59. The highest BCUT2D eigenvalue weighted by Crippen LogP contribution is 2.18. The molecule has 0 saturated heterocycles. The molecule has 374 valence electrons. The zero-order valence-corrected chi connectivity index (χ0v) is 43.0. The van der Waals surface area contributed by atoms with Crippen LogP contribution in [0.2, 0.25) is 0 Å². The SMILES string of the molecule is CCCCCCCCCCCCCCCCCCCCC(=O)OC[C@@H](COC(=O)CCCCCCCCCCCCCCCC)OC(=O)CCCCCCCCCCCCC(C)C. The Morgan fingerprint density at radius 2 is 0.524 bits per heavy atom. The number of hydrogen-bond donors (Lipinski definition) is 0. The zero-order valence-electron chi connectivity index (χ0n) is 43.0. The summed E-state index contributed by atoms with van der Waals surface area (Å²) in [5.74, 6) is -0.0219. The van der Waals surface area contributed by atoms with Crippen LogP contribution in [-0.4, -0.2) is 37.2 Å². The fraction of sp³-hybridized carbons (Fsp3) is 0.947. The van der Waals surface area contributed by atoms with E-state index in [1.165, 1.54) is 218 Å². The molecule has 0 heterocycles. The number of carbonyl (C=O) groups excluding carboxylic acids is 3. The van der Waals surface area contributed by atoms with Gasteiger partial charge in [-0.3, -0.25) is 14.4 Å². The lowest BCUT2D eigenvalue weighted by Gasteiger charge is -2.18. The summed E-state index contributed by atoms with van der Waals surface area (Å²) in [7, 11) is 0. The first-order valence-corrected chi connectivity index (χ1v) is 28.4. The molecular formula is C57H110O6. The molecule has 6 nitrogen and oxygen atoms in total. The number of ether oxygens (including phenoxy) is 3. The van der Waals surface area contributed by atoms with Crippen LogP contribution in [0, 0.1) is 5.92 Å². The average Bonchev–Trinajstić information content (AvgIpc) is 3.27. The molecule has 0 N–H and O–H groups in total. The number of unbranched alkanes of at least 4 members (excludes halogenated alkanes) is 39. The summed E-state index contributed by atoms with van der Waals surface area (Å²) in [5.41, 5.74) is 0. The highest BCUT2D eigenvalue weighted by atomic mass is 16.6. The highest BCUT2D eigenvalue weighted by molar-refractivity contribution is 5.71. The molecule has 0 fully saturated rings. The molecular weight excluding hydrogens is 781 g/mol. The van der Waals surface area contributed by atoms with E-state index in [1.807, 2.05) is 0 Å². The summed E-state index contributed by atoms with van der Waals surface area (Å²) in [5, 5.41) is 0. The predicted octanol–water partition coefficient (Wildman–Crippen LogP) is 18.6. The Labute approximate surface area is 393 Å². The minimum absolute atomic E-state index is 0.0623. The van der Waals surface area contributed by atoms with Crippen molar-refractivity contribution in [3.8, 4) is 0 Å². The number of rotatable bonds is 52. The minimum Gasteiger partial charge on any atom is -0.462 e. The van der Waals surface area contributed by atoms with Gasteiger partial charge in [-0.2, -0.15) is 0 Å². The third kappa shape index (κ3) is 51.3. The second-order valence-corrected chi connectivity index (χ2v) is 20.1. The van der Waals surface area contributed by atoms with Gasteiger partial charge in [-0.15, -0.1) is 0 Å². The van der Waals surface area contributed by atoms with Crippen molar-refractivity contribution in [2.75, 3.05) is 13.2 Å². The molecule has 63 heavy (non-hydrogen) atoms. The summed E-state index contributed by atoms with van der Waals surface area (Å²) in [6.45, 7) is 9.04. The van der Waals surface area contributed by atoms with Gasteiger partial charge in [-0.25, -0.2) is 0 Å².